The minimum Gasteiger partial charge on any atom is -0.481 e. The van der Waals surface area contributed by atoms with Crippen molar-refractivity contribution in [2.45, 2.75) is 26.2 Å². The second-order valence-corrected chi connectivity index (χ2v) is 5.11. The summed E-state index contributed by atoms with van der Waals surface area (Å²) in [5.74, 6) is -0.782. The zero-order valence-corrected chi connectivity index (χ0v) is 11.0. The highest BCUT2D eigenvalue weighted by Gasteiger charge is 2.26. The molecule has 1 fully saturated rings. The average molecular weight is 262 g/mol. The van der Waals surface area contributed by atoms with Crippen LogP contribution >= 0.6 is 0 Å². The van der Waals surface area contributed by atoms with Gasteiger partial charge in [-0.05, 0) is 37.3 Å². The van der Waals surface area contributed by atoms with Crippen molar-refractivity contribution in [3.05, 3.63) is 29.6 Å². The van der Waals surface area contributed by atoms with Gasteiger partial charge in [-0.15, -0.1) is 0 Å². The molecule has 1 amide bonds. The van der Waals surface area contributed by atoms with Crippen molar-refractivity contribution in [1.29, 1.82) is 0 Å². The molecular weight excluding hydrogens is 244 g/mol. The highest BCUT2D eigenvalue weighted by molar-refractivity contribution is 5.94. The third-order valence-electron chi connectivity index (χ3n) is 3.39. The number of aromatic nitrogens is 1. The lowest BCUT2D eigenvalue weighted by atomic mass is 9.94. The molecule has 5 heteroatoms. The van der Waals surface area contributed by atoms with Crippen LogP contribution in [-0.2, 0) is 4.79 Å². The van der Waals surface area contributed by atoms with Crippen molar-refractivity contribution >= 4 is 11.9 Å². The van der Waals surface area contributed by atoms with Gasteiger partial charge in [0.05, 0.1) is 5.56 Å². The number of carboxylic acid groups (broad SMARTS) is 1. The van der Waals surface area contributed by atoms with Gasteiger partial charge in [0.1, 0.15) is 0 Å². The fourth-order valence-electron chi connectivity index (χ4n) is 2.52. The number of aryl methyl sites for hydroxylation is 1. The van der Waals surface area contributed by atoms with E-state index in [1.807, 2.05) is 13.0 Å². The van der Waals surface area contributed by atoms with Crippen molar-refractivity contribution < 1.29 is 14.7 Å². The number of carbonyl (C=O) groups is 2. The van der Waals surface area contributed by atoms with E-state index in [1.165, 1.54) is 0 Å². The molecule has 1 aliphatic heterocycles. The zero-order valence-electron chi connectivity index (χ0n) is 11.0. The fourth-order valence-corrected chi connectivity index (χ4v) is 2.52. The SMILES string of the molecule is Cc1cncc(C(=O)N2CCCC(CC(=O)O)C2)c1. The summed E-state index contributed by atoms with van der Waals surface area (Å²) in [5.41, 5.74) is 1.53. The van der Waals surface area contributed by atoms with Crippen molar-refractivity contribution in [1.82, 2.24) is 9.88 Å². The van der Waals surface area contributed by atoms with Crippen molar-refractivity contribution in [3.63, 3.8) is 0 Å². The van der Waals surface area contributed by atoms with E-state index in [4.69, 9.17) is 5.11 Å². The maximum atomic E-state index is 12.3. The first-order valence-corrected chi connectivity index (χ1v) is 6.49. The molecule has 1 N–H and O–H groups in total. The summed E-state index contributed by atoms with van der Waals surface area (Å²) in [6.07, 6.45) is 5.15. The predicted octanol–water partition coefficient (Wildman–Crippen LogP) is 1.72. The van der Waals surface area contributed by atoms with Crippen molar-refractivity contribution in [2.24, 2.45) is 5.92 Å². The standard InChI is InChI=1S/C14H18N2O3/c1-10-5-12(8-15-7-10)14(19)16-4-2-3-11(9-16)6-13(17)18/h5,7-8,11H,2-4,6,9H2,1H3,(H,17,18). The van der Waals surface area contributed by atoms with E-state index in [2.05, 4.69) is 4.98 Å². The topological polar surface area (TPSA) is 70.5 Å². The largest absolute Gasteiger partial charge is 0.481 e. The van der Waals surface area contributed by atoms with E-state index < -0.39 is 5.97 Å². The Kier molecular flexibility index (Phi) is 4.14. The van der Waals surface area contributed by atoms with Crippen LogP contribution in [0.15, 0.2) is 18.5 Å². The number of piperidine rings is 1. The molecule has 1 aromatic rings. The van der Waals surface area contributed by atoms with Crippen molar-refractivity contribution in [2.75, 3.05) is 13.1 Å². The first-order chi connectivity index (χ1) is 9.06. The minimum atomic E-state index is -0.795. The van der Waals surface area contributed by atoms with E-state index in [-0.39, 0.29) is 18.2 Å². The molecule has 0 aromatic carbocycles. The van der Waals surface area contributed by atoms with E-state index in [0.29, 0.717) is 18.7 Å². The smallest absolute Gasteiger partial charge is 0.303 e. The molecule has 2 heterocycles. The number of likely N-dealkylation sites (tertiary alicyclic amines) is 1. The summed E-state index contributed by atoms with van der Waals surface area (Å²) in [7, 11) is 0. The molecule has 0 radical (unpaired) electrons. The Morgan fingerprint density at radius 3 is 2.95 bits per heavy atom. The number of amides is 1. The Bertz CT molecular complexity index is 487. The maximum Gasteiger partial charge on any atom is 0.303 e. The van der Waals surface area contributed by atoms with Crippen LogP contribution in [0, 0.1) is 12.8 Å². The van der Waals surface area contributed by atoms with Crippen LogP contribution in [0.2, 0.25) is 0 Å². The lowest BCUT2D eigenvalue weighted by Crippen LogP contribution is -2.40. The number of carboxylic acids is 1. The number of hydrogen-bond donors (Lipinski definition) is 1. The van der Waals surface area contributed by atoms with E-state index in [1.54, 1.807) is 17.3 Å². The van der Waals surface area contributed by atoms with Gasteiger partial charge in [0.2, 0.25) is 0 Å². The zero-order chi connectivity index (χ0) is 13.8. The Morgan fingerprint density at radius 2 is 2.26 bits per heavy atom. The second-order valence-electron chi connectivity index (χ2n) is 5.11. The molecule has 0 spiro atoms. The maximum absolute atomic E-state index is 12.3. The molecular formula is C14H18N2O3. The van der Waals surface area contributed by atoms with Crippen LogP contribution in [0.25, 0.3) is 0 Å². The number of nitrogens with zero attached hydrogens (tertiary/aromatic N) is 2. The molecule has 1 aliphatic rings. The summed E-state index contributed by atoms with van der Waals surface area (Å²) in [5, 5.41) is 8.83. The molecule has 1 saturated heterocycles. The summed E-state index contributed by atoms with van der Waals surface area (Å²) in [4.78, 5) is 28.8. The van der Waals surface area contributed by atoms with Crippen LogP contribution in [0.3, 0.4) is 0 Å². The number of rotatable bonds is 3. The lowest BCUT2D eigenvalue weighted by Gasteiger charge is -2.32. The molecule has 19 heavy (non-hydrogen) atoms. The monoisotopic (exact) mass is 262 g/mol. The highest BCUT2D eigenvalue weighted by atomic mass is 16.4. The number of hydrogen-bond acceptors (Lipinski definition) is 3. The molecule has 5 nitrogen and oxygen atoms in total. The van der Waals surface area contributed by atoms with Crippen LogP contribution < -0.4 is 0 Å². The van der Waals surface area contributed by atoms with Gasteiger partial charge in [-0.25, -0.2) is 0 Å². The summed E-state index contributed by atoms with van der Waals surface area (Å²) in [6.45, 7) is 3.12. The Hall–Kier alpha value is -1.91. The molecule has 1 atom stereocenters. The Labute approximate surface area is 112 Å². The Balaban J connectivity index is 2.04. The van der Waals surface area contributed by atoms with Gasteiger partial charge in [-0.1, -0.05) is 0 Å². The quantitative estimate of drug-likeness (QED) is 0.900. The molecule has 1 unspecified atom stereocenters. The van der Waals surface area contributed by atoms with Gasteiger partial charge >= 0.3 is 5.97 Å². The summed E-state index contributed by atoms with van der Waals surface area (Å²) in [6, 6.07) is 1.82. The number of carbonyl (C=O) groups excluding carboxylic acids is 1. The van der Waals surface area contributed by atoms with Crippen LogP contribution in [0.1, 0.15) is 35.2 Å². The fraction of sp³-hybridized carbons (Fsp3) is 0.500. The van der Waals surface area contributed by atoms with Gasteiger partial charge in [-0.2, -0.15) is 0 Å². The number of aliphatic carboxylic acids is 1. The molecule has 0 bridgehead atoms. The summed E-state index contributed by atoms with van der Waals surface area (Å²) < 4.78 is 0. The van der Waals surface area contributed by atoms with Crippen LogP contribution in [0.5, 0.6) is 0 Å². The normalized spacial score (nSPS) is 19.2. The van der Waals surface area contributed by atoms with Gasteiger partial charge < -0.3 is 10.0 Å². The third-order valence-corrected chi connectivity index (χ3v) is 3.39. The van der Waals surface area contributed by atoms with Crippen LogP contribution in [0.4, 0.5) is 0 Å². The van der Waals surface area contributed by atoms with Gasteiger partial charge in [0, 0.05) is 31.9 Å². The minimum absolute atomic E-state index is 0.0497. The lowest BCUT2D eigenvalue weighted by molar-refractivity contribution is -0.138. The number of pyridine rings is 1. The predicted molar refractivity (Wildman–Crippen MR) is 69.9 cm³/mol. The van der Waals surface area contributed by atoms with Crippen molar-refractivity contribution in [3.8, 4) is 0 Å². The third kappa shape index (κ3) is 3.53. The average Bonchev–Trinajstić information content (AvgIpc) is 2.37. The Morgan fingerprint density at radius 1 is 1.47 bits per heavy atom. The van der Waals surface area contributed by atoms with Gasteiger partial charge in [-0.3, -0.25) is 14.6 Å². The summed E-state index contributed by atoms with van der Waals surface area (Å²) >= 11 is 0. The van der Waals surface area contributed by atoms with E-state index in [0.717, 1.165) is 18.4 Å². The molecule has 102 valence electrons. The molecule has 2 rings (SSSR count). The first kappa shape index (κ1) is 13.5. The van der Waals surface area contributed by atoms with Gasteiger partial charge in [0.25, 0.3) is 5.91 Å². The van der Waals surface area contributed by atoms with Gasteiger partial charge in [0.15, 0.2) is 0 Å². The van der Waals surface area contributed by atoms with E-state index in [9.17, 15) is 9.59 Å². The van der Waals surface area contributed by atoms with E-state index >= 15 is 0 Å². The molecule has 0 aliphatic carbocycles. The molecule has 1 aromatic heterocycles. The molecule has 0 saturated carbocycles. The van der Waals surface area contributed by atoms with Crippen LogP contribution in [-0.4, -0.2) is 40.0 Å². The highest BCUT2D eigenvalue weighted by Crippen LogP contribution is 2.21. The second kappa shape index (κ2) is 5.82. The first-order valence-electron chi connectivity index (χ1n) is 6.49.